The Morgan fingerprint density at radius 3 is 2.67 bits per heavy atom. The molecular formula is C23H26BrN3O5S. The molecule has 1 atom stereocenters. The number of carbonyl (C=O) groups is 2. The average molecular weight is 536 g/mol. The van der Waals surface area contributed by atoms with Gasteiger partial charge < -0.3 is 19.5 Å². The van der Waals surface area contributed by atoms with Crippen molar-refractivity contribution in [1.29, 1.82) is 0 Å². The number of halogens is 1. The molecule has 0 radical (unpaired) electrons. The van der Waals surface area contributed by atoms with E-state index in [-0.39, 0.29) is 11.4 Å². The third-order valence-corrected chi connectivity index (χ3v) is 7.47. The minimum atomic E-state index is -0.778. The molecule has 1 unspecified atom stereocenters. The minimum absolute atomic E-state index is 0.0603. The molecule has 0 bridgehead atoms. The molecule has 2 aliphatic heterocycles. The van der Waals surface area contributed by atoms with Gasteiger partial charge in [0, 0.05) is 36.2 Å². The van der Waals surface area contributed by atoms with E-state index in [1.807, 2.05) is 19.1 Å². The number of aliphatic hydroxyl groups excluding tert-OH is 1. The summed E-state index contributed by atoms with van der Waals surface area (Å²) in [7, 11) is 1.54. The maximum Gasteiger partial charge on any atom is 0.290 e. The van der Waals surface area contributed by atoms with Crippen LogP contribution in [0.15, 0.2) is 34.0 Å². The van der Waals surface area contributed by atoms with Crippen LogP contribution in [0.5, 0.6) is 5.75 Å². The van der Waals surface area contributed by atoms with Gasteiger partial charge in [0.15, 0.2) is 5.76 Å². The summed E-state index contributed by atoms with van der Waals surface area (Å²) in [6.07, 6.45) is 0. The summed E-state index contributed by atoms with van der Waals surface area (Å²) in [5, 5.41) is 11.7. The molecule has 0 aliphatic carbocycles. The van der Waals surface area contributed by atoms with Gasteiger partial charge in [0.25, 0.3) is 5.91 Å². The second kappa shape index (κ2) is 9.92. The van der Waals surface area contributed by atoms with Gasteiger partial charge in [-0.25, -0.2) is 4.98 Å². The van der Waals surface area contributed by atoms with Crippen molar-refractivity contribution < 1.29 is 24.2 Å². The lowest BCUT2D eigenvalue weighted by atomic mass is 9.94. The van der Waals surface area contributed by atoms with Crippen molar-refractivity contribution in [3.63, 3.8) is 0 Å². The quantitative estimate of drug-likeness (QED) is 0.542. The van der Waals surface area contributed by atoms with E-state index < -0.39 is 17.7 Å². The Hall–Kier alpha value is -2.27. The maximum absolute atomic E-state index is 13.7. The topological polar surface area (TPSA) is 92.2 Å². The predicted octanol–water partition coefficient (Wildman–Crippen LogP) is 3.44. The molecule has 33 heavy (non-hydrogen) atoms. The van der Waals surface area contributed by atoms with Crippen LogP contribution >= 0.6 is 27.3 Å². The Morgan fingerprint density at radius 2 is 2.03 bits per heavy atom. The molecule has 4 rings (SSSR count). The SMILES string of the molecule is COc1ccc(Br)cc1C1C(C(=O)c2sc(C)nc2C)=C(O)C(=O)N1CCN1CCOCC1. The van der Waals surface area contributed by atoms with Gasteiger partial charge in [0.1, 0.15) is 5.75 Å². The van der Waals surface area contributed by atoms with Gasteiger partial charge >= 0.3 is 0 Å². The number of hydrogen-bond acceptors (Lipinski definition) is 8. The first-order valence-corrected chi connectivity index (χ1v) is 12.3. The van der Waals surface area contributed by atoms with Gasteiger partial charge in [-0.15, -0.1) is 11.3 Å². The first-order valence-electron chi connectivity index (χ1n) is 10.7. The maximum atomic E-state index is 13.7. The van der Waals surface area contributed by atoms with E-state index in [1.54, 1.807) is 25.0 Å². The number of morpholine rings is 1. The number of carbonyl (C=O) groups excluding carboxylic acids is 2. The Balaban J connectivity index is 1.76. The van der Waals surface area contributed by atoms with Crippen molar-refractivity contribution in [2.24, 2.45) is 0 Å². The fraction of sp³-hybridized carbons (Fsp3) is 0.435. The number of ketones is 1. The lowest BCUT2D eigenvalue weighted by Crippen LogP contribution is -2.43. The molecular weight excluding hydrogens is 510 g/mol. The molecule has 176 valence electrons. The van der Waals surface area contributed by atoms with Gasteiger partial charge in [0.2, 0.25) is 5.78 Å². The summed E-state index contributed by atoms with van der Waals surface area (Å²) in [4.78, 5) is 35.4. The van der Waals surface area contributed by atoms with Crippen LogP contribution in [0.1, 0.15) is 32.0 Å². The second-order valence-corrected chi connectivity index (χ2v) is 10.1. The van der Waals surface area contributed by atoms with Crippen molar-refractivity contribution in [1.82, 2.24) is 14.8 Å². The fourth-order valence-corrected chi connectivity index (χ4v) is 5.55. The average Bonchev–Trinajstić information content (AvgIpc) is 3.27. The molecule has 1 fully saturated rings. The number of thiazole rings is 1. The van der Waals surface area contributed by atoms with Crippen molar-refractivity contribution in [3.8, 4) is 5.75 Å². The third-order valence-electron chi connectivity index (χ3n) is 5.91. The first-order chi connectivity index (χ1) is 15.8. The lowest BCUT2D eigenvalue weighted by Gasteiger charge is -2.32. The Bertz CT molecular complexity index is 1110. The van der Waals surface area contributed by atoms with Crippen molar-refractivity contribution in [3.05, 3.63) is 55.1 Å². The van der Waals surface area contributed by atoms with E-state index in [0.717, 1.165) is 22.6 Å². The standard InChI is InChI=1S/C23H26BrN3O5S/c1-13-22(33-14(2)25-13)20(28)18-19(16-12-15(24)4-5-17(16)31-3)27(23(30)21(18)29)7-6-26-8-10-32-11-9-26/h4-5,12,19,29H,6-11H2,1-3H3. The Morgan fingerprint density at radius 1 is 1.30 bits per heavy atom. The fourth-order valence-electron chi connectivity index (χ4n) is 4.30. The number of aromatic nitrogens is 1. The molecule has 0 saturated carbocycles. The number of aryl methyl sites for hydroxylation is 2. The Labute approximate surface area is 204 Å². The summed E-state index contributed by atoms with van der Waals surface area (Å²) in [5.74, 6) is -0.925. The van der Waals surface area contributed by atoms with Crippen LogP contribution in [-0.2, 0) is 9.53 Å². The van der Waals surface area contributed by atoms with E-state index >= 15 is 0 Å². The number of rotatable bonds is 7. The monoisotopic (exact) mass is 535 g/mol. The summed E-state index contributed by atoms with van der Waals surface area (Å²) in [5.41, 5.74) is 1.28. The number of methoxy groups -OCH3 is 1. The normalized spacial score (nSPS) is 19.5. The highest BCUT2D eigenvalue weighted by atomic mass is 79.9. The van der Waals surface area contributed by atoms with E-state index in [1.165, 1.54) is 11.3 Å². The molecule has 1 saturated heterocycles. The van der Waals surface area contributed by atoms with Crippen LogP contribution in [0.25, 0.3) is 0 Å². The third kappa shape index (κ3) is 4.70. The van der Waals surface area contributed by atoms with Gasteiger partial charge in [-0.05, 0) is 32.0 Å². The molecule has 3 heterocycles. The van der Waals surface area contributed by atoms with E-state index in [2.05, 4.69) is 25.8 Å². The smallest absolute Gasteiger partial charge is 0.290 e. The molecule has 1 aromatic heterocycles. The zero-order valence-corrected chi connectivity index (χ0v) is 21.2. The zero-order valence-electron chi connectivity index (χ0n) is 18.8. The molecule has 1 N–H and O–H groups in total. The molecule has 10 heteroatoms. The Kier molecular flexibility index (Phi) is 7.18. The van der Waals surface area contributed by atoms with Crippen molar-refractivity contribution in [2.75, 3.05) is 46.5 Å². The second-order valence-electron chi connectivity index (χ2n) is 7.98. The van der Waals surface area contributed by atoms with Gasteiger partial charge in [-0.2, -0.15) is 0 Å². The van der Waals surface area contributed by atoms with E-state index in [9.17, 15) is 14.7 Å². The number of amides is 1. The molecule has 0 spiro atoms. The van der Waals surface area contributed by atoms with Crippen LogP contribution in [0.4, 0.5) is 0 Å². The summed E-state index contributed by atoms with van der Waals surface area (Å²) in [6, 6.07) is 4.66. The van der Waals surface area contributed by atoms with E-state index in [4.69, 9.17) is 9.47 Å². The van der Waals surface area contributed by atoms with Gasteiger partial charge in [0.05, 0.1) is 47.5 Å². The lowest BCUT2D eigenvalue weighted by molar-refractivity contribution is -0.129. The summed E-state index contributed by atoms with van der Waals surface area (Å²) in [6.45, 7) is 7.38. The molecule has 8 nitrogen and oxygen atoms in total. The number of ether oxygens (including phenoxy) is 2. The predicted molar refractivity (Wildman–Crippen MR) is 128 cm³/mol. The van der Waals surface area contributed by atoms with Gasteiger partial charge in [-0.1, -0.05) is 15.9 Å². The minimum Gasteiger partial charge on any atom is -0.503 e. The summed E-state index contributed by atoms with van der Waals surface area (Å²) >= 11 is 4.75. The van der Waals surface area contributed by atoms with Crippen LogP contribution < -0.4 is 4.74 Å². The molecule has 2 aromatic rings. The van der Waals surface area contributed by atoms with Crippen LogP contribution in [0.3, 0.4) is 0 Å². The molecule has 1 amide bonds. The number of aliphatic hydroxyl groups is 1. The zero-order chi connectivity index (χ0) is 23.7. The highest BCUT2D eigenvalue weighted by Gasteiger charge is 2.45. The van der Waals surface area contributed by atoms with E-state index in [0.29, 0.717) is 48.2 Å². The number of benzene rings is 1. The highest BCUT2D eigenvalue weighted by Crippen LogP contribution is 2.43. The molecule has 2 aliphatic rings. The highest BCUT2D eigenvalue weighted by molar-refractivity contribution is 9.10. The molecule has 1 aromatic carbocycles. The number of Topliss-reactive ketones (excluding diaryl/α,β-unsaturated/α-hetero) is 1. The van der Waals surface area contributed by atoms with Crippen molar-refractivity contribution in [2.45, 2.75) is 19.9 Å². The van der Waals surface area contributed by atoms with Crippen molar-refractivity contribution >= 4 is 39.0 Å². The first kappa shape index (κ1) is 23.9. The number of nitrogens with zero attached hydrogens (tertiary/aromatic N) is 3. The van der Waals surface area contributed by atoms with Gasteiger partial charge in [-0.3, -0.25) is 14.5 Å². The summed E-state index contributed by atoms with van der Waals surface area (Å²) < 4.78 is 11.8. The van der Waals surface area contributed by atoms with Crippen LogP contribution in [-0.4, -0.2) is 78.1 Å². The largest absolute Gasteiger partial charge is 0.503 e. The van der Waals surface area contributed by atoms with Crippen LogP contribution in [0, 0.1) is 13.8 Å². The van der Waals surface area contributed by atoms with Crippen LogP contribution in [0.2, 0.25) is 0 Å². The number of hydrogen-bond donors (Lipinski definition) is 1.